The van der Waals surface area contributed by atoms with Gasteiger partial charge in [0.05, 0.1) is 11.0 Å². The largest absolute Gasteiger partial charge is 0.299 e. The van der Waals surface area contributed by atoms with Crippen LogP contribution >= 0.6 is 0 Å². The van der Waals surface area contributed by atoms with E-state index in [0.29, 0.717) is 0 Å². The van der Waals surface area contributed by atoms with Crippen LogP contribution < -0.4 is 0 Å². The standard InChI is InChI=1S/C11H13N5O2/c12-14-13-10-5-6-15(8-10)7-9-1-3-11(4-2-9)16(17)18/h1-4,10H,5-8H2. The van der Waals surface area contributed by atoms with E-state index in [9.17, 15) is 10.1 Å². The van der Waals surface area contributed by atoms with E-state index in [4.69, 9.17) is 5.53 Å². The summed E-state index contributed by atoms with van der Waals surface area (Å²) in [5, 5.41) is 14.2. The molecular weight excluding hydrogens is 234 g/mol. The Morgan fingerprint density at radius 2 is 2.22 bits per heavy atom. The van der Waals surface area contributed by atoms with Crippen LogP contribution in [0.2, 0.25) is 0 Å². The molecule has 94 valence electrons. The first kappa shape index (κ1) is 12.3. The number of hydrogen-bond acceptors (Lipinski definition) is 4. The van der Waals surface area contributed by atoms with Crippen LogP contribution in [0.3, 0.4) is 0 Å². The van der Waals surface area contributed by atoms with Crippen LogP contribution in [-0.2, 0) is 6.54 Å². The third kappa shape index (κ3) is 2.97. The highest BCUT2D eigenvalue weighted by Crippen LogP contribution is 2.18. The molecule has 1 saturated heterocycles. The van der Waals surface area contributed by atoms with E-state index in [-0.39, 0.29) is 11.7 Å². The second kappa shape index (κ2) is 5.48. The minimum atomic E-state index is -0.405. The summed E-state index contributed by atoms with van der Waals surface area (Å²) in [5.74, 6) is 0. The first-order chi connectivity index (χ1) is 8.69. The van der Waals surface area contributed by atoms with Crippen molar-refractivity contribution in [1.29, 1.82) is 0 Å². The first-order valence-corrected chi connectivity index (χ1v) is 5.69. The van der Waals surface area contributed by atoms with Crippen molar-refractivity contribution in [1.82, 2.24) is 4.90 Å². The Kier molecular flexibility index (Phi) is 3.76. The number of likely N-dealkylation sites (tertiary alicyclic amines) is 1. The Hall–Kier alpha value is -2.11. The third-order valence-corrected chi connectivity index (χ3v) is 3.02. The van der Waals surface area contributed by atoms with Crippen molar-refractivity contribution in [2.24, 2.45) is 5.11 Å². The number of nitro benzene ring substituents is 1. The molecule has 0 radical (unpaired) electrons. The van der Waals surface area contributed by atoms with Crippen molar-refractivity contribution in [2.75, 3.05) is 13.1 Å². The SMILES string of the molecule is [N-]=[N+]=NC1CCN(Cc2ccc([N+](=O)[O-])cc2)C1. The van der Waals surface area contributed by atoms with Gasteiger partial charge in [-0.25, -0.2) is 0 Å². The lowest BCUT2D eigenvalue weighted by Crippen LogP contribution is -2.20. The molecule has 1 aliphatic heterocycles. The molecule has 0 aromatic heterocycles. The van der Waals surface area contributed by atoms with Gasteiger partial charge in [0.25, 0.3) is 5.69 Å². The van der Waals surface area contributed by atoms with Crippen molar-refractivity contribution in [3.05, 3.63) is 50.4 Å². The van der Waals surface area contributed by atoms with Crippen LogP contribution in [0.5, 0.6) is 0 Å². The summed E-state index contributed by atoms with van der Waals surface area (Å²) in [7, 11) is 0. The summed E-state index contributed by atoms with van der Waals surface area (Å²) >= 11 is 0. The number of benzene rings is 1. The fourth-order valence-electron chi connectivity index (χ4n) is 2.10. The van der Waals surface area contributed by atoms with Crippen LogP contribution in [0.25, 0.3) is 10.4 Å². The molecule has 1 unspecified atom stereocenters. The lowest BCUT2D eigenvalue weighted by molar-refractivity contribution is -0.384. The topological polar surface area (TPSA) is 95.1 Å². The summed E-state index contributed by atoms with van der Waals surface area (Å²) in [6.45, 7) is 2.37. The summed E-state index contributed by atoms with van der Waals surface area (Å²) in [4.78, 5) is 15.1. The molecule has 1 fully saturated rings. The van der Waals surface area contributed by atoms with Gasteiger partial charge in [0.15, 0.2) is 0 Å². The average Bonchev–Trinajstić information content (AvgIpc) is 2.78. The van der Waals surface area contributed by atoms with E-state index in [1.165, 1.54) is 12.1 Å². The molecule has 0 spiro atoms. The summed E-state index contributed by atoms with van der Waals surface area (Å²) in [5.41, 5.74) is 9.49. The predicted octanol–water partition coefficient (Wildman–Crippen LogP) is 2.48. The Balaban J connectivity index is 1.94. The highest BCUT2D eigenvalue weighted by Gasteiger charge is 2.21. The average molecular weight is 247 g/mol. The second-order valence-electron chi connectivity index (χ2n) is 4.31. The van der Waals surface area contributed by atoms with Gasteiger partial charge in [0.2, 0.25) is 0 Å². The van der Waals surface area contributed by atoms with Crippen LogP contribution in [-0.4, -0.2) is 29.0 Å². The highest BCUT2D eigenvalue weighted by molar-refractivity contribution is 5.32. The number of non-ortho nitro benzene ring substituents is 1. The molecular formula is C11H13N5O2. The zero-order valence-electron chi connectivity index (χ0n) is 9.77. The Morgan fingerprint density at radius 1 is 1.50 bits per heavy atom. The molecule has 1 aromatic rings. The van der Waals surface area contributed by atoms with Crippen LogP contribution in [0.4, 0.5) is 5.69 Å². The fraction of sp³-hybridized carbons (Fsp3) is 0.455. The fourth-order valence-corrected chi connectivity index (χ4v) is 2.10. The molecule has 1 atom stereocenters. The predicted molar refractivity (Wildman–Crippen MR) is 65.9 cm³/mol. The van der Waals surface area contributed by atoms with Gasteiger partial charge in [-0.3, -0.25) is 15.0 Å². The van der Waals surface area contributed by atoms with E-state index in [1.54, 1.807) is 12.1 Å². The molecule has 0 N–H and O–H groups in total. The molecule has 1 heterocycles. The first-order valence-electron chi connectivity index (χ1n) is 5.69. The monoisotopic (exact) mass is 247 g/mol. The molecule has 0 amide bonds. The highest BCUT2D eigenvalue weighted by atomic mass is 16.6. The normalized spacial score (nSPS) is 19.4. The lowest BCUT2D eigenvalue weighted by Gasteiger charge is -2.14. The molecule has 7 nitrogen and oxygen atoms in total. The third-order valence-electron chi connectivity index (χ3n) is 3.02. The molecule has 2 rings (SSSR count). The zero-order valence-corrected chi connectivity index (χ0v) is 9.77. The van der Waals surface area contributed by atoms with Gasteiger partial charge in [-0.15, -0.1) is 0 Å². The molecule has 0 saturated carbocycles. The maximum Gasteiger partial charge on any atom is 0.269 e. The maximum atomic E-state index is 10.5. The Bertz CT molecular complexity index is 481. The van der Waals surface area contributed by atoms with Crippen molar-refractivity contribution in [3.63, 3.8) is 0 Å². The van der Waals surface area contributed by atoms with E-state index in [0.717, 1.165) is 31.6 Å². The molecule has 0 bridgehead atoms. The summed E-state index contributed by atoms with van der Waals surface area (Å²) < 4.78 is 0. The van der Waals surface area contributed by atoms with Crippen LogP contribution in [0.15, 0.2) is 29.4 Å². The second-order valence-corrected chi connectivity index (χ2v) is 4.31. The van der Waals surface area contributed by atoms with Crippen molar-refractivity contribution < 1.29 is 4.92 Å². The van der Waals surface area contributed by atoms with Crippen molar-refractivity contribution in [2.45, 2.75) is 19.0 Å². The van der Waals surface area contributed by atoms with Gasteiger partial charge in [-0.1, -0.05) is 17.2 Å². The van der Waals surface area contributed by atoms with Crippen molar-refractivity contribution in [3.8, 4) is 0 Å². The van der Waals surface area contributed by atoms with E-state index >= 15 is 0 Å². The van der Waals surface area contributed by atoms with Crippen molar-refractivity contribution >= 4 is 5.69 Å². The van der Waals surface area contributed by atoms with Gasteiger partial charge < -0.3 is 0 Å². The van der Waals surface area contributed by atoms with Crippen LogP contribution in [0.1, 0.15) is 12.0 Å². The number of hydrogen-bond donors (Lipinski definition) is 0. The van der Waals surface area contributed by atoms with Crippen LogP contribution in [0, 0.1) is 10.1 Å². The molecule has 0 aliphatic carbocycles. The van der Waals surface area contributed by atoms with E-state index < -0.39 is 4.92 Å². The van der Waals surface area contributed by atoms with Gasteiger partial charge >= 0.3 is 0 Å². The van der Waals surface area contributed by atoms with Gasteiger partial charge in [-0.2, -0.15) is 0 Å². The smallest absolute Gasteiger partial charge is 0.269 e. The number of rotatable bonds is 4. The lowest BCUT2D eigenvalue weighted by atomic mass is 10.2. The maximum absolute atomic E-state index is 10.5. The number of nitro groups is 1. The summed E-state index contributed by atoms with van der Waals surface area (Å²) in [6, 6.07) is 6.60. The number of nitrogens with zero attached hydrogens (tertiary/aromatic N) is 5. The van der Waals surface area contributed by atoms with E-state index in [2.05, 4.69) is 14.9 Å². The van der Waals surface area contributed by atoms with Gasteiger partial charge in [0.1, 0.15) is 0 Å². The summed E-state index contributed by atoms with van der Waals surface area (Å²) in [6.07, 6.45) is 0.872. The number of azide groups is 1. The Morgan fingerprint density at radius 3 is 2.83 bits per heavy atom. The van der Waals surface area contributed by atoms with Gasteiger partial charge in [-0.05, 0) is 24.1 Å². The molecule has 1 aromatic carbocycles. The minimum Gasteiger partial charge on any atom is -0.299 e. The molecule has 1 aliphatic rings. The van der Waals surface area contributed by atoms with E-state index in [1.807, 2.05) is 0 Å². The quantitative estimate of drug-likeness (QED) is 0.269. The molecule has 18 heavy (non-hydrogen) atoms. The van der Waals surface area contributed by atoms with Gasteiger partial charge in [0, 0.05) is 30.1 Å². The Labute approximate surface area is 104 Å². The zero-order chi connectivity index (χ0) is 13.0. The minimum absolute atomic E-state index is 0.0491. The molecule has 7 heteroatoms.